The zero-order chi connectivity index (χ0) is 21.3. The van der Waals surface area contributed by atoms with E-state index >= 15 is 0 Å². The highest BCUT2D eigenvalue weighted by Crippen LogP contribution is 2.44. The molecule has 1 aliphatic rings. The predicted molar refractivity (Wildman–Crippen MR) is 115 cm³/mol. The first-order chi connectivity index (χ1) is 14.4. The van der Waals surface area contributed by atoms with Crippen molar-refractivity contribution in [3.8, 4) is 11.1 Å². The number of alkyl carbamates (subject to hydrolysis) is 1. The maximum atomic E-state index is 12.6. The molecule has 0 saturated heterocycles. The largest absolute Gasteiger partial charge is 0.479 e. The number of nitrogens with one attached hydrogen (secondary N) is 1. The Labute approximate surface area is 179 Å². The quantitative estimate of drug-likeness (QED) is 0.595. The smallest absolute Gasteiger partial charge is 0.408 e. The monoisotopic (exact) mass is 421 g/mol. The third kappa shape index (κ3) is 3.42. The minimum absolute atomic E-state index is 0.0953. The second kappa shape index (κ2) is 7.84. The molecule has 1 aliphatic carbocycles. The molecule has 2 N–H and O–H groups in total. The molecule has 1 unspecified atom stereocenters. The number of carboxylic acids is 1. The van der Waals surface area contributed by atoms with Crippen LogP contribution in [0.1, 0.15) is 29.5 Å². The Balaban J connectivity index is 1.54. The van der Waals surface area contributed by atoms with E-state index in [0.29, 0.717) is 0 Å². The van der Waals surface area contributed by atoms with Crippen LogP contribution in [-0.2, 0) is 15.1 Å². The molecule has 1 atom stereocenters. The fourth-order valence-electron chi connectivity index (χ4n) is 3.94. The highest BCUT2D eigenvalue weighted by molar-refractivity contribution is 6.31. The van der Waals surface area contributed by atoms with Gasteiger partial charge in [-0.25, -0.2) is 9.59 Å². The first-order valence-corrected chi connectivity index (χ1v) is 9.91. The molecule has 152 valence electrons. The number of hydrogen-bond donors (Lipinski definition) is 2. The lowest BCUT2D eigenvalue weighted by Gasteiger charge is -2.27. The van der Waals surface area contributed by atoms with Crippen LogP contribution in [0.4, 0.5) is 4.79 Å². The van der Waals surface area contributed by atoms with Crippen LogP contribution in [0, 0.1) is 0 Å². The van der Waals surface area contributed by atoms with Crippen LogP contribution in [0.25, 0.3) is 11.1 Å². The summed E-state index contributed by atoms with van der Waals surface area (Å²) in [6.45, 7) is 1.48. The van der Waals surface area contributed by atoms with E-state index < -0.39 is 17.6 Å². The molecule has 4 rings (SSSR count). The topological polar surface area (TPSA) is 75.6 Å². The van der Waals surface area contributed by atoms with Gasteiger partial charge in [-0.1, -0.05) is 78.3 Å². The molecule has 3 aromatic carbocycles. The van der Waals surface area contributed by atoms with Gasteiger partial charge in [0.15, 0.2) is 5.54 Å². The second-order valence-corrected chi connectivity index (χ2v) is 7.77. The summed E-state index contributed by atoms with van der Waals surface area (Å²) >= 11 is 6.17. The van der Waals surface area contributed by atoms with Crippen molar-refractivity contribution in [1.29, 1.82) is 0 Å². The van der Waals surface area contributed by atoms with E-state index in [1.807, 2.05) is 48.5 Å². The molecule has 1 amide bonds. The highest BCUT2D eigenvalue weighted by Gasteiger charge is 2.39. The van der Waals surface area contributed by atoms with Gasteiger partial charge in [-0.2, -0.15) is 0 Å². The van der Waals surface area contributed by atoms with Crippen LogP contribution in [0.3, 0.4) is 0 Å². The molecule has 5 nitrogen and oxygen atoms in total. The lowest BCUT2D eigenvalue weighted by Crippen LogP contribution is -2.50. The van der Waals surface area contributed by atoms with E-state index in [1.54, 1.807) is 24.3 Å². The molecule has 0 bridgehead atoms. The molecule has 0 heterocycles. The normalized spacial score (nSPS) is 14.3. The van der Waals surface area contributed by atoms with E-state index in [9.17, 15) is 14.7 Å². The van der Waals surface area contributed by atoms with Crippen molar-refractivity contribution >= 4 is 23.7 Å². The molecular weight excluding hydrogens is 402 g/mol. The van der Waals surface area contributed by atoms with Crippen LogP contribution >= 0.6 is 11.6 Å². The number of carbonyl (C=O) groups excluding carboxylic acids is 1. The molecular formula is C24H20ClNO4. The molecule has 3 aromatic rings. The number of halogens is 1. The van der Waals surface area contributed by atoms with Gasteiger partial charge in [-0.05, 0) is 35.2 Å². The number of amides is 1. The van der Waals surface area contributed by atoms with Crippen molar-refractivity contribution in [2.75, 3.05) is 6.61 Å². The third-order valence-electron chi connectivity index (χ3n) is 5.54. The third-order valence-corrected chi connectivity index (χ3v) is 5.87. The zero-order valence-corrected chi connectivity index (χ0v) is 17.0. The van der Waals surface area contributed by atoms with Crippen molar-refractivity contribution in [2.24, 2.45) is 0 Å². The Hall–Kier alpha value is -3.31. The van der Waals surface area contributed by atoms with Gasteiger partial charge in [0.2, 0.25) is 0 Å². The predicted octanol–water partition coefficient (Wildman–Crippen LogP) is 5.18. The molecule has 0 radical (unpaired) electrons. The van der Waals surface area contributed by atoms with Crippen LogP contribution in [-0.4, -0.2) is 23.8 Å². The molecule has 0 aliphatic heterocycles. The summed E-state index contributed by atoms with van der Waals surface area (Å²) in [7, 11) is 0. The SMILES string of the molecule is CC(NC(=O)OCC1c2ccccc2-c2ccccc21)(C(=O)O)c1ccccc1Cl. The average Bonchev–Trinajstić information content (AvgIpc) is 3.06. The minimum atomic E-state index is -1.72. The molecule has 30 heavy (non-hydrogen) atoms. The van der Waals surface area contributed by atoms with E-state index in [2.05, 4.69) is 5.32 Å². The lowest BCUT2D eigenvalue weighted by atomic mass is 9.92. The first-order valence-electron chi connectivity index (χ1n) is 9.53. The van der Waals surface area contributed by atoms with Crippen LogP contribution in [0.2, 0.25) is 5.02 Å². The molecule has 0 aromatic heterocycles. The molecule has 0 saturated carbocycles. The maximum absolute atomic E-state index is 12.6. The van der Waals surface area contributed by atoms with Gasteiger partial charge in [-0.3, -0.25) is 0 Å². The van der Waals surface area contributed by atoms with E-state index in [4.69, 9.17) is 16.3 Å². The van der Waals surface area contributed by atoms with Gasteiger partial charge in [-0.15, -0.1) is 0 Å². The number of aliphatic carboxylic acids is 1. The van der Waals surface area contributed by atoms with E-state index in [-0.39, 0.29) is 23.1 Å². The standard InChI is InChI=1S/C24H20ClNO4/c1-24(22(27)28,20-12-6-7-13-21(20)25)26-23(29)30-14-19-17-10-4-2-8-15(17)16-9-3-5-11-18(16)19/h2-13,19H,14H2,1H3,(H,26,29)(H,27,28). The number of rotatable bonds is 5. The average molecular weight is 422 g/mol. The fraction of sp³-hybridized carbons (Fsp3) is 0.167. The Kier molecular flexibility index (Phi) is 5.22. The minimum Gasteiger partial charge on any atom is -0.479 e. The van der Waals surface area contributed by atoms with E-state index in [1.165, 1.54) is 6.92 Å². The Bertz CT molecular complexity index is 1080. The maximum Gasteiger partial charge on any atom is 0.408 e. The summed E-state index contributed by atoms with van der Waals surface area (Å²) in [5.41, 5.74) is 2.97. The second-order valence-electron chi connectivity index (χ2n) is 7.36. The Morgan fingerprint density at radius 1 is 0.967 bits per heavy atom. The number of hydrogen-bond acceptors (Lipinski definition) is 3. The summed E-state index contributed by atoms with van der Waals surface area (Å²) in [6.07, 6.45) is -0.818. The summed E-state index contributed by atoms with van der Waals surface area (Å²) < 4.78 is 5.49. The number of benzene rings is 3. The molecule has 0 spiro atoms. The first kappa shape index (κ1) is 20.0. The van der Waals surface area contributed by atoms with Crippen LogP contribution < -0.4 is 5.32 Å². The van der Waals surface area contributed by atoms with Crippen molar-refractivity contribution in [3.63, 3.8) is 0 Å². The summed E-state index contributed by atoms with van der Waals surface area (Å²) in [6, 6.07) is 22.5. The Morgan fingerprint density at radius 2 is 1.50 bits per heavy atom. The number of fused-ring (bicyclic) bond motifs is 3. The van der Waals surface area contributed by atoms with Gasteiger partial charge in [0.1, 0.15) is 6.61 Å². The summed E-state index contributed by atoms with van der Waals surface area (Å²) in [5, 5.41) is 12.5. The lowest BCUT2D eigenvalue weighted by molar-refractivity contribution is -0.144. The van der Waals surface area contributed by atoms with Gasteiger partial charge in [0.25, 0.3) is 0 Å². The van der Waals surface area contributed by atoms with Crippen molar-refractivity contribution in [3.05, 3.63) is 94.5 Å². The van der Waals surface area contributed by atoms with Crippen molar-refractivity contribution < 1.29 is 19.4 Å². The van der Waals surface area contributed by atoms with Crippen LogP contribution in [0.15, 0.2) is 72.8 Å². The number of carboxylic acid groups (broad SMARTS) is 1. The summed E-state index contributed by atoms with van der Waals surface area (Å²) in [4.78, 5) is 24.6. The van der Waals surface area contributed by atoms with Gasteiger partial charge in [0, 0.05) is 16.5 Å². The Morgan fingerprint density at radius 3 is 2.07 bits per heavy atom. The van der Waals surface area contributed by atoms with E-state index in [0.717, 1.165) is 22.3 Å². The van der Waals surface area contributed by atoms with Crippen LogP contribution in [0.5, 0.6) is 0 Å². The van der Waals surface area contributed by atoms with Gasteiger partial charge in [0.05, 0.1) is 0 Å². The zero-order valence-electron chi connectivity index (χ0n) is 16.3. The van der Waals surface area contributed by atoms with Crippen molar-refractivity contribution in [2.45, 2.75) is 18.4 Å². The highest BCUT2D eigenvalue weighted by atomic mass is 35.5. The fourth-order valence-corrected chi connectivity index (χ4v) is 4.27. The van der Waals surface area contributed by atoms with Crippen molar-refractivity contribution in [1.82, 2.24) is 5.32 Å². The number of ether oxygens (including phenoxy) is 1. The van der Waals surface area contributed by atoms with Gasteiger partial charge >= 0.3 is 12.1 Å². The summed E-state index contributed by atoms with van der Waals surface area (Å²) in [5.74, 6) is -1.34. The number of carbonyl (C=O) groups is 2. The molecule has 6 heteroatoms. The van der Waals surface area contributed by atoms with Gasteiger partial charge < -0.3 is 15.2 Å². The molecule has 0 fully saturated rings.